The Kier molecular flexibility index (Phi) is 3.82. The van der Waals surface area contributed by atoms with Gasteiger partial charge in [-0.3, -0.25) is 0 Å². The number of ether oxygens (including phenoxy) is 1. The van der Waals surface area contributed by atoms with Crippen LogP contribution in [0.3, 0.4) is 0 Å². The molecule has 0 radical (unpaired) electrons. The van der Waals surface area contributed by atoms with Crippen molar-refractivity contribution in [3.63, 3.8) is 0 Å². The Labute approximate surface area is 112 Å². The zero-order valence-corrected chi connectivity index (χ0v) is 10.9. The highest BCUT2D eigenvalue weighted by Crippen LogP contribution is 2.19. The largest absolute Gasteiger partial charge is 0.489 e. The molecule has 0 unspecified atom stereocenters. The normalized spacial score (nSPS) is 10.0. The summed E-state index contributed by atoms with van der Waals surface area (Å²) < 4.78 is 19.1. The van der Waals surface area contributed by atoms with Crippen molar-refractivity contribution < 1.29 is 9.13 Å². The second-order valence-corrected chi connectivity index (χ2v) is 4.45. The van der Waals surface area contributed by atoms with Crippen molar-refractivity contribution in [3.8, 4) is 11.8 Å². The molecule has 0 heterocycles. The van der Waals surface area contributed by atoms with E-state index in [0.29, 0.717) is 16.9 Å². The lowest BCUT2D eigenvalue weighted by molar-refractivity contribution is 0.299. The van der Waals surface area contributed by atoms with Gasteiger partial charge in [0.25, 0.3) is 0 Å². The molecule has 2 aromatic rings. The minimum absolute atomic E-state index is 0.115. The van der Waals surface area contributed by atoms with Gasteiger partial charge in [-0.25, -0.2) is 4.39 Å². The van der Waals surface area contributed by atoms with Crippen LogP contribution in [-0.2, 0) is 6.61 Å². The minimum atomic E-state index is -0.358. The molecule has 0 aromatic heterocycles. The first-order valence-corrected chi connectivity index (χ1v) is 5.99. The van der Waals surface area contributed by atoms with Crippen molar-refractivity contribution in [1.29, 1.82) is 5.26 Å². The van der Waals surface area contributed by atoms with Crippen molar-refractivity contribution in [3.05, 3.63) is 64.5 Å². The fraction of sp³-hybridized carbons (Fsp3) is 0.188. The van der Waals surface area contributed by atoms with Gasteiger partial charge in [0.1, 0.15) is 18.2 Å². The van der Waals surface area contributed by atoms with Crippen LogP contribution in [0.25, 0.3) is 0 Å². The Morgan fingerprint density at radius 2 is 1.89 bits per heavy atom. The van der Waals surface area contributed by atoms with E-state index in [4.69, 9.17) is 10.00 Å². The van der Waals surface area contributed by atoms with Crippen molar-refractivity contribution >= 4 is 0 Å². The number of hydrogen-bond acceptors (Lipinski definition) is 2. The third kappa shape index (κ3) is 3.11. The van der Waals surface area contributed by atoms with Crippen LogP contribution in [0.4, 0.5) is 4.39 Å². The molecular weight excluding hydrogens is 241 g/mol. The van der Waals surface area contributed by atoms with Gasteiger partial charge in [-0.2, -0.15) is 5.26 Å². The number of halogens is 1. The summed E-state index contributed by atoms with van der Waals surface area (Å²) >= 11 is 0. The van der Waals surface area contributed by atoms with E-state index in [0.717, 1.165) is 5.56 Å². The van der Waals surface area contributed by atoms with Crippen LogP contribution in [0.15, 0.2) is 36.4 Å². The molecule has 0 saturated carbocycles. The molecular formula is C16H14FNO. The number of benzene rings is 2. The van der Waals surface area contributed by atoms with E-state index in [1.165, 1.54) is 23.8 Å². The number of nitriles is 1. The van der Waals surface area contributed by atoms with E-state index >= 15 is 0 Å². The maximum Gasteiger partial charge on any atom is 0.129 e. The Hall–Kier alpha value is -2.34. The molecule has 0 aliphatic heterocycles. The van der Waals surface area contributed by atoms with Crippen molar-refractivity contribution in [2.45, 2.75) is 20.5 Å². The van der Waals surface area contributed by atoms with Crippen molar-refractivity contribution in [2.75, 3.05) is 0 Å². The second kappa shape index (κ2) is 5.53. The van der Waals surface area contributed by atoms with Crippen LogP contribution in [0.1, 0.15) is 22.3 Å². The lowest BCUT2D eigenvalue weighted by Gasteiger charge is -2.09. The molecule has 0 saturated heterocycles. The Morgan fingerprint density at radius 3 is 2.58 bits per heavy atom. The first-order valence-electron chi connectivity index (χ1n) is 5.99. The van der Waals surface area contributed by atoms with Gasteiger partial charge >= 0.3 is 0 Å². The first kappa shape index (κ1) is 13.1. The van der Waals surface area contributed by atoms with Crippen molar-refractivity contribution in [1.82, 2.24) is 0 Å². The minimum Gasteiger partial charge on any atom is -0.489 e. The maximum atomic E-state index is 13.6. The van der Waals surface area contributed by atoms with Gasteiger partial charge in [0.15, 0.2) is 0 Å². The van der Waals surface area contributed by atoms with E-state index < -0.39 is 0 Å². The molecule has 19 heavy (non-hydrogen) atoms. The van der Waals surface area contributed by atoms with Crippen LogP contribution in [0.5, 0.6) is 5.75 Å². The highest BCUT2D eigenvalue weighted by molar-refractivity contribution is 5.35. The molecule has 2 aromatic carbocycles. The summed E-state index contributed by atoms with van der Waals surface area (Å²) in [4.78, 5) is 0. The van der Waals surface area contributed by atoms with Gasteiger partial charge in [0, 0.05) is 5.56 Å². The third-order valence-electron chi connectivity index (χ3n) is 3.05. The maximum absolute atomic E-state index is 13.6. The summed E-state index contributed by atoms with van der Waals surface area (Å²) in [7, 11) is 0. The summed E-state index contributed by atoms with van der Waals surface area (Å²) in [6.07, 6.45) is 0. The van der Waals surface area contributed by atoms with Crippen LogP contribution >= 0.6 is 0 Å². The number of hydrogen-bond donors (Lipinski definition) is 0. The van der Waals surface area contributed by atoms with E-state index in [1.54, 1.807) is 0 Å². The summed E-state index contributed by atoms with van der Waals surface area (Å²) in [5.74, 6) is 0.340. The summed E-state index contributed by atoms with van der Waals surface area (Å²) in [5.41, 5.74) is 3.13. The third-order valence-corrected chi connectivity index (χ3v) is 3.05. The summed E-state index contributed by atoms with van der Waals surface area (Å²) in [6, 6.07) is 12.0. The zero-order valence-electron chi connectivity index (χ0n) is 10.9. The summed E-state index contributed by atoms with van der Waals surface area (Å²) in [6.45, 7) is 4.14. The average molecular weight is 255 g/mol. The van der Waals surface area contributed by atoms with E-state index in [2.05, 4.69) is 0 Å². The highest BCUT2D eigenvalue weighted by Gasteiger charge is 2.05. The Morgan fingerprint density at radius 1 is 1.11 bits per heavy atom. The molecule has 0 amide bonds. The molecule has 0 bridgehead atoms. The number of aryl methyl sites for hydroxylation is 2. The smallest absolute Gasteiger partial charge is 0.129 e. The molecule has 0 spiro atoms. The Balaban J connectivity index is 2.14. The zero-order chi connectivity index (χ0) is 13.8. The number of rotatable bonds is 3. The predicted molar refractivity (Wildman–Crippen MR) is 71.4 cm³/mol. The van der Waals surface area contributed by atoms with E-state index in [-0.39, 0.29) is 12.4 Å². The molecule has 2 nitrogen and oxygen atoms in total. The lowest BCUT2D eigenvalue weighted by Crippen LogP contribution is -1.99. The van der Waals surface area contributed by atoms with Gasteiger partial charge in [-0.1, -0.05) is 6.07 Å². The van der Waals surface area contributed by atoms with Gasteiger partial charge in [-0.15, -0.1) is 0 Å². The van der Waals surface area contributed by atoms with Gasteiger partial charge in [0.05, 0.1) is 11.6 Å². The van der Waals surface area contributed by atoms with Crippen molar-refractivity contribution in [2.24, 2.45) is 0 Å². The SMILES string of the molecule is Cc1ccc(OCc2cc(C#N)ccc2F)cc1C. The molecule has 0 fully saturated rings. The van der Waals surface area contributed by atoms with Crippen LogP contribution in [0, 0.1) is 31.0 Å². The molecule has 0 atom stereocenters. The molecule has 0 N–H and O–H groups in total. The predicted octanol–water partition coefficient (Wildman–Crippen LogP) is 3.89. The molecule has 96 valence electrons. The van der Waals surface area contributed by atoms with E-state index in [1.807, 2.05) is 38.1 Å². The van der Waals surface area contributed by atoms with Crippen LogP contribution in [0.2, 0.25) is 0 Å². The molecule has 2 rings (SSSR count). The molecule has 0 aliphatic rings. The molecule has 3 heteroatoms. The highest BCUT2D eigenvalue weighted by atomic mass is 19.1. The summed E-state index contributed by atoms with van der Waals surface area (Å²) in [5, 5.41) is 8.79. The average Bonchev–Trinajstić information content (AvgIpc) is 2.41. The van der Waals surface area contributed by atoms with E-state index in [9.17, 15) is 4.39 Å². The van der Waals surface area contributed by atoms with Gasteiger partial charge < -0.3 is 4.74 Å². The van der Waals surface area contributed by atoms with Crippen LogP contribution in [-0.4, -0.2) is 0 Å². The van der Waals surface area contributed by atoms with Gasteiger partial charge in [0.2, 0.25) is 0 Å². The lowest BCUT2D eigenvalue weighted by atomic mass is 10.1. The number of nitrogens with zero attached hydrogens (tertiary/aromatic N) is 1. The Bertz CT molecular complexity index is 644. The second-order valence-electron chi connectivity index (χ2n) is 4.45. The fourth-order valence-electron chi connectivity index (χ4n) is 1.72. The first-order chi connectivity index (χ1) is 9.10. The van der Waals surface area contributed by atoms with Crippen LogP contribution < -0.4 is 4.74 Å². The molecule has 0 aliphatic carbocycles. The fourth-order valence-corrected chi connectivity index (χ4v) is 1.72. The van der Waals surface area contributed by atoms with Gasteiger partial charge in [-0.05, 0) is 55.3 Å². The topological polar surface area (TPSA) is 33.0 Å². The monoisotopic (exact) mass is 255 g/mol. The quantitative estimate of drug-likeness (QED) is 0.833. The standard InChI is InChI=1S/C16H14FNO/c1-11-3-5-15(7-12(11)2)19-10-14-8-13(9-18)4-6-16(14)17/h3-8H,10H2,1-2H3.